The molecule has 1 saturated heterocycles. The molecule has 136 valence electrons. The van der Waals surface area contributed by atoms with Crippen LogP contribution in [-0.4, -0.2) is 36.9 Å². The highest BCUT2D eigenvalue weighted by atomic mass is 16.2. The quantitative estimate of drug-likeness (QED) is 0.841. The summed E-state index contributed by atoms with van der Waals surface area (Å²) in [5, 5.41) is 5.54. The van der Waals surface area contributed by atoms with Crippen molar-refractivity contribution in [3.05, 3.63) is 70.8 Å². The maximum absolute atomic E-state index is 12.5. The molecule has 26 heavy (non-hydrogen) atoms. The number of nitrogens with one attached hydrogen (secondary N) is 2. The number of benzene rings is 2. The van der Waals surface area contributed by atoms with Gasteiger partial charge >= 0.3 is 0 Å². The third-order valence-electron chi connectivity index (χ3n) is 4.66. The van der Waals surface area contributed by atoms with Crippen LogP contribution in [0.2, 0.25) is 0 Å². The fourth-order valence-corrected chi connectivity index (χ4v) is 3.26. The maximum Gasteiger partial charge on any atom is 0.251 e. The summed E-state index contributed by atoms with van der Waals surface area (Å²) in [6.07, 6.45) is 2.52. The van der Waals surface area contributed by atoms with Gasteiger partial charge in [0, 0.05) is 31.3 Å². The molecule has 0 atom stereocenters. The summed E-state index contributed by atoms with van der Waals surface area (Å²) >= 11 is 0. The molecule has 2 amide bonds. The molecule has 0 saturated carbocycles. The van der Waals surface area contributed by atoms with Crippen LogP contribution in [0.5, 0.6) is 0 Å². The molecule has 0 radical (unpaired) electrons. The van der Waals surface area contributed by atoms with Gasteiger partial charge in [0.25, 0.3) is 11.8 Å². The van der Waals surface area contributed by atoms with E-state index in [1.54, 1.807) is 19.2 Å². The number of nitrogens with zero attached hydrogens (tertiary/aromatic N) is 1. The molecule has 2 aromatic rings. The SMILES string of the molecule is CNC(=O)c1cccc(CNC(=O)c2cccc(CN3CCCC3)c2)c1. The van der Waals surface area contributed by atoms with Crippen molar-refractivity contribution in [1.29, 1.82) is 0 Å². The van der Waals surface area contributed by atoms with E-state index in [2.05, 4.69) is 21.6 Å². The van der Waals surface area contributed by atoms with Crippen molar-refractivity contribution in [2.75, 3.05) is 20.1 Å². The summed E-state index contributed by atoms with van der Waals surface area (Å²) in [4.78, 5) is 26.6. The summed E-state index contributed by atoms with van der Waals surface area (Å²) in [6, 6.07) is 15.1. The molecule has 0 unspecified atom stereocenters. The summed E-state index contributed by atoms with van der Waals surface area (Å²) in [7, 11) is 1.60. The standard InChI is InChI=1S/C21H25N3O2/c1-22-20(25)18-8-4-6-16(12-18)14-23-21(26)19-9-5-7-17(13-19)15-24-10-2-3-11-24/h4-9,12-13H,2-3,10-11,14-15H2,1H3,(H,22,25)(H,23,26). The first-order chi connectivity index (χ1) is 12.7. The molecule has 1 fully saturated rings. The first kappa shape index (κ1) is 18.1. The van der Waals surface area contributed by atoms with Gasteiger partial charge in [-0.15, -0.1) is 0 Å². The van der Waals surface area contributed by atoms with E-state index in [1.165, 1.54) is 18.4 Å². The minimum absolute atomic E-state index is 0.0985. The summed E-state index contributed by atoms with van der Waals surface area (Å²) < 4.78 is 0. The summed E-state index contributed by atoms with van der Waals surface area (Å²) in [6.45, 7) is 3.56. The Hall–Kier alpha value is -2.66. The average molecular weight is 351 g/mol. The predicted octanol–water partition coefficient (Wildman–Crippen LogP) is 2.57. The zero-order chi connectivity index (χ0) is 18.4. The van der Waals surface area contributed by atoms with E-state index in [-0.39, 0.29) is 11.8 Å². The van der Waals surface area contributed by atoms with Crippen molar-refractivity contribution in [3.63, 3.8) is 0 Å². The zero-order valence-electron chi connectivity index (χ0n) is 15.1. The number of carbonyl (C=O) groups excluding carboxylic acids is 2. The molecule has 1 heterocycles. The van der Waals surface area contributed by atoms with Gasteiger partial charge in [-0.1, -0.05) is 24.3 Å². The minimum atomic E-state index is -0.132. The van der Waals surface area contributed by atoms with Crippen LogP contribution >= 0.6 is 0 Å². The van der Waals surface area contributed by atoms with Crippen LogP contribution < -0.4 is 10.6 Å². The number of hydrogen-bond acceptors (Lipinski definition) is 3. The van der Waals surface area contributed by atoms with Crippen molar-refractivity contribution in [2.24, 2.45) is 0 Å². The smallest absolute Gasteiger partial charge is 0.251 e. The zero-order valence-corrected chi connectivity index (χ0v) is 15.1. The topological polar surface area (TPSA) is 61.4 Å². The number of likely N-dealkylation sites (tertiary alicyclic amines) is 1. The Morgan fingerprint density at radius 2 is 1.54 bits per heavy atom. The van der Waals surface area contributed by atoms with Crippen LogP contribution in [0.3, 0.4) is 0 Å². The van der Waals surface area contributed by atoms with E-state index in [4.69, 9.17) is 0 Å². The van der Waals surface area contributed by atoms with Gasteiger partial charge in [0.15, 0.2) is 0 Å². The van der Waals surface area contributed by atoms with E-state index >= 15 is 0 Å². The fraction of sp³-hybridized carbons (Fsp3) is 0.333. The molecule has 1 aliphatic rings. The highest BCUT2D eigenvalue weighted by Crippen LogP contribution is 2.14. The molecule has 2 aromatic carbocycles. The Kier molecular flexibility index (Phi) is 6.02. The van der Waals surface area contributed by atoms with Crippen LogP contribution in [0, 0.1) is 0 Å². The first-order valence-corrected chi connectivity index (χ1v) is 9.06. The van der Waals surface area contributed by atoms with E-state index in [9.17, 15) is 9.59 Å². The van der Waals surface area contributed by atoms with Crippen molar-refractivity contribution in [2.45, 2.75) is 25.9 Å². The fourth-order valence-electron chi connectivity index (χ4n) is 3.26. The first-order valence-electron chi connectivity index (χ1n) is 9.06. The summed E-state index contributed by atoms with van der Waals surface area (Å²) in [5.41, 5.74) is 3.32. The van der Waals surface area contributed by atoms with Gasteiger partial charge in [0.1, 0.15) is 0 Å². The molecule has 1 aliphatic heterocycles. The van der Waals surface area contributed by atoms with Gasteiger partial charge in [-0.3, -0.25) is 14.5 Å². The third-order valence-corrected chi connectivity index (χ3v) is 4.66. The molecule has 0 bridgehead atoms. The Morgan fingerprint density at radius 3 is 2.23 bits per heavy atom. The lowest BCUT2D eigenvalue weighted by atomic mass is 10.1. The van der Waals surface area contributed by atoms with E-state index in [0.717, 1.165) is 25.2 Å². The van der Waals surface area contributed by atoms with E-state index < -0.39 is 0 Å². The van der Waals surface area contributed by atoms with Gasteiger partial charge in [-0.25, -0.2) is 0 Å². The lowest BCUT2D eigenvalue weighted by Gasteiger charge is -2.15. The van der Waals surface area contributed by atoms with Gasteiger partial charge in [-0.05, 0) is 61.3 Å². The van der Waals surface area contributed by atoms with E-state index in [0.29, 0.717) is 17.7 Å². The van der Waals surface area contributed by atoms with Crippen LogP contribution in [0.1, 0.15) is 44.7 Å². The van der Waals surface area contributed by atoms with Gasteiger partial charge in [0.05, 0.1) is 0 Å². The van der Waals surface area contributed by atoms with Crippen LogP contribution in [0.25, 0.3) is 0 Å². The van der Waals surface area contributed by atoms with Crippen LogP contribution in [-0.2, 0) is 13.1 Å². The number of carbonyl (C=O) groups is 2. The highest BCUT2D eigenvalue weighted by Gasteiger charge is 2.13. The average Bonchev–Trinajstić information content (AvgIpc) is 3.19. The highest BCUT2D eigenvalue weighted by molar-refractivity contribution is 5.95. The van der Waals surface area contributed by atoms with Crippen molar-refractivity contribution in [1.82, 2.24) is 15.5 Å². The molecule has 5 heteroatoms. The largest absolute Gasteiger partial charge is 0.355 e. The third kappa shape index (κ3) is 4.70. The lowest BCUT2D eigenvalue weighted by Crippen LogP contribution is -2.24. The molecule has 0 aromatic heterocycles. The Bertz CT molecular complexity index is 782. The second kappa shape index (κ2) is 8.63. The second-order valence-electron chi connectivity index (χ2n) is 6.65. The van der Waals surface area contributed by atoms with Gasteiger partial charge < -0.3 is 10.6 Å². The maximum atomic E-state index is 12.5. The molecule has 3 rings (SSSR count). The normalized spacial score (nSPS) is 14.2. The van der Waals surface area contributed by atoms with E-state index in [1.807, 2.05) is 30.3 Å². The number of rotatable bonds is 6. The van der Waals surface area contributed by atoms with Crippen molar-refractivity contribution < 1.29 is 9.59 Å². The Morgan fingerprint density at radius 1 is 0.923 bits per heavy atom. The van der Waals surface area contributed by atoms with Crippen LogP contribution in [0.15, 0.2) is 48.5 Å². The molecule has 2 N–H and O–H groups in total. The monoisotopic (exact) mass is 351 g/mol. The van der Waals surface area contributed by atoms with Crippen molar-refractivity contribution >= 4 is 11.8 Å². The minimum Gasteiger partial charge on any atom is -0.355 e. The molecule has 0 spiro atoms. The number of amides is 2. The Balaban J connectivity index is 1.60. The van der Waals surface area contributed by atoms with Gasteiger partial charge in [-0.2, -0.15) is 0 Å². The molecular weight excluding hydrogens is 326 g/mol. The summed E-state index contributed by atoms with van der Waals surface area (Å²) in [5.74, 6) is -0.230. The van der Waals surface area contributed by atoms with Gasteiger partial charge in [0.2, 0.25) is 0 Å². The molecular formula is C21H25N3O2. The Labute approximate surface area is 154 Å². The molecule has 5 nitrogen and oxygen atoms in total. The number of hydrogen-bond donors (Lipinski definition) is 2. The molecule has 0 aliphatic carbocycles. The second-order valence-corrected chi connectivity index (χ2v) is 6.65. The lowest BCUT2D eigenvalue weighted by molar-refractivity contribution is 0.0948. The predicted molar refractivity (Wildman–Crippen MR) is 102 cm³/mol. The van der Waals surface area contributed by atoms with Crippen LogP contribution in [0.4, 0.5) is 0 Å². The van der Waals surface area contributed by atoms with Crippen molar-refractivity contribution in [3.8, 4) is 0 Å².